The number of hydrogen-bond donors (Lipinski definition) is 1. The number of hydrogen-bond acceptors (Lipinski definition) is 3. The molecule has 2 heterocycles. The Bertz CT molecular complexity index is 857. The Morgan fingerprint density at radius 1 is 1.16 bits per heavy atom. The molecule has 1 amide bonds. The van der Waals surface area contributed by atoms with Gasteiger partial charge < -0.3 is 10.0 Å². The molecule has 4 rings (SSSR count). The summed E-state index contributed by atoms with van der Waals surface area (Å²) in [5.41, 5.74) is 3.45. The summed E-state index contributed by atoms with van der Waals surface area (Å²) in [6, 6.07) is 7.11. The molecule has 0 unspecified atom stereocenters. The van der Waals surface area contributed by atoms with Crippen molar-refractivity contribution in [2.45, 2.75) is 51.0 Å². The van der Waals surface area contributed by atoms with E-state index in [9.17, 15) is 14.7 Å². The first-order chi connectivity index (χ1) is 12.0. The Kier molecular flexibility index (Phi) is 3.94. The summed E-state index contributed by atoms with van der Waals surface area (Å²) in [4.78, 5) is 31.1. The van der Waals surface area contributed by atoms with Crippen LogP contribution >= 0.6 is 0 Å². The van der Waals surface area contributed by atoms with Gasteiger partial charge in [0, 0.05) is 23.5 Å². The Labute approximate surface area is 146 Å². The van der Waals surface area contributed by atoms with Crippen molar-refractivity contribution in [1.29, 1.82) is 0 Å². The van der Waals surface area contributed by atoms with Crippen molar-refractivity contribution >= 4 is 22.8 Å². The summed E-state index contributed by atoms with van der Waals surface area (Å²) in [5.74, 6) is -0.647. The minimum absolute atomic E-state index is 0.174. The number of carboxylic acid groups (broad SMARTS) is 1. The van der Waals surface area contributed by atoms with Crippen LogP contribution in [0.15, 0.2) is 24.3 Å². The predicted octanol–water partition coefficient (Wildman–Crippen LogP) is 3.50. The molecule has 1 aliphatic carbocycles. The number of carbonyl (C=O) groups is 2. The van der Waals surface area contributed by atoms with E-state index in [0.29, 0.717) is 24.4 Å². The van der Waals surface area contributed by atoms with E-state index in [1.807, 2.05) is 31.2 Å². The highest BCUT2D eigenvalue weighted by Gasteiger charge is 2.34. The zero-order valence-electron chi connectivity index (χ0n) is 14.4. The highest BCUT2D eigenvalue weighted by molar-refractivity contribution is 6.07. The molecule has 25 heavy (non-hydrogen) atoms. The van der Waals surface area contributed by atoms with Crippen molar-refractivity contribution in [3.05, 3.63) is 41.1 Å². The Morgan fingerprint density at radius 2 is 1.96 bits per heavy atom. The number of rotatable bonds is 3. The monoisotopic (exact) mass is 338 g/mol. The van der Waals surface area contributed by atoms with Crippen LogP contribution in [-0.2, 0) is 4.79 Å². The van der Waals surface area contributed by atoms with Crippen LogP contribution in [0.1, 0.15) is 59.6 Å². The van der Waals surface area contributed by atoms with Crippen LogP contribution in [-0.4, -0.2) is 39.5 Å². The first-order valence-corrected chi connectivity index (χ1v) is 8.99. The van der Waals surface area contributed by atoms with Crippen molar-refractivity contribution < 1.29 is 14.7 Å². The molecule has 130 valence electrons. The number of likely N-dealkylation sites (tertiary alicyclic amines) is 1. The van der Waals surface area contributed by atoms with Gasteiger partial charge in [-0.15, -0.1) is 0 Å². The van der Waals surface area contributed by atoms with Crippen LogP contribution in [0, 0.1) is 6.92 Å². The lowest BCUT2D eigenvalue weighted by Crippen LogP contribution is -2.48. The fourth-order valence-electron chi connectivity index (χ4n) is 3.71. The van der Waals surface area contributed by atoms with Crippen LogP contribution < -0.4 is 0 Å². The van der Waals surface area contributed by atoms with E-state index in [2.05, 4.69) is 0 Å². The lowest BCUT2D eigenvalue weighted by Gasteiger charge is -2.33. The van der Waals surface area contributed by atoms with Gasteiger partial charge in [0.05, 0.1) is 11.1 Å². The molecule has 0 bridgehead atoms. The summed E-state index contributed by atoms with van der Waals surface area (Å²) in [6.45, 7) is 2.49. The summed E-state index contributed by atoms with van der Waals surface area (Å²) < 4.78 is 0. The van der Waals surface area contributed by atoms with Gasteiger partial charge in [-0.2, -0.15) is 0 Å². The Hall–Kier alpha value is -2.43. The third-order valence-corrected chi connectivity index (χ3v) is 5.26. The largest absolute Gasteiger partial charge is 0.480 e. The van der Waals surface area contributed by atoms with Crippen molar-refractivity contribution in [2.24, 2.45) is 0 Å². The second-order valence-electron chi connectivity index (χ2n) is 7.24. The minimum Gasteiger partial charge on any atom is -0.480 e. The first-order valence-electron chi connectivity index (χ1n) is 8.99. The molecule has 1 saturated carbocycles. The normalized spacial score (nSPS) is 20.7. The SMILES string of the molecule is Cc1ccc2nc(C3CC3)cc(C(=O)N3CCCC[C@@H]3C(=O)O)c2c1. The molecule has 2 aromatic rings. The first kappa shape index (κ1) is 16.1. The lowest BCUT2D eigenvalue weighted by molar-refractivity contribution is -0.143. The molecule has 2 aliphatic rings. The second kappa shape index (κ2) is 6.14. The standard InChI is InChI=1S/C20H22N2O3/c1-12-5-8-16-14(10-12)15(11-17(21-16)13-6-7-13)19(23)22-9-3-2-4-18(22)20(24)25/h5,8,10-11,13,18H,2-4,6-7,9H2,1H3,(H,24,25)/t18-/m1/s1. The van der Waals surface area contributed by atoms with Gasteiger partial charge in [-0.05, 0) is 57.2 Å². The Morgan fingerprint density at radius 3 is 2.68 bits per heavy atom. The van der Waals surface area contributed by atoms with Gasteiger partial charge >= 0.3 is 5.97 Å². The second-order valence-corrected chi connectivity index (χ2v) is 7.24. The summed E-state index contributed by atoms with van der Waals surface area (Å²) in [5, 5.41) is 10.3. The number of aromatic nitrogens is 1. The molecule has 0 radical (unpaired) electrons. The maximum Gasteiger partial charge on any atom is 0.326 e. The maximum absolute atomic E-state index is 13.3. The van der Waals surface area contributed by atoms with Gasteiger partial charge in [0.2, 0.25) is 0 Å². The van der Waals surface area contributed by atoms with Gasteiger partial charge in [-0.1, -0.05) is 11.6 Å². The highest BCUT2D eigenvalue weighted by Crippen LogP contribution is 2.40. The molecule has 0 spiro atoms. The van der Waals surface area contributed by atoms with E-state index in [-0.39, 0.29) is 5.91 Å². The van der Waals surface area contributed by atoms with Crippen LogP contribution in [0.3, 0.4) is 0 Å². The van der Waals surface area contributed by atoms with Crippen LogP contribution in [0.4, 0.5) is 0 Å². The summed E-state index contributed by atoms with van der Waals surface area (Å²) >= 11 is 0. The molecule has 1 atom stereocenters. The quantitative estimate of drug-likeness (QED) is 0.930. The number of pyridine rings is 1. The maximum atomic E-state index is 13.3. The van der Waals surface area contributed by atoms with E-state index in [4.69, 9.17) is 4.98 Å². The topological polar surface area (TPSA) is 70.5 Å². The fourth-order valence-corrected chi connectivity index (χ4v) is 3.71. The van der Waals surface area contributed by atoms with E-state index in [0.717, 1.165) is 47.8 Å². The molecule has 1 aromatic carbocycles. The molecule has 5 nitrogen and oxygen atoms in total. The molecule has 1 N–H and O–H groups in total. The smallest absolute Gasteiger partial charge is 0.326 e. The molecule has 5 heteroatoms. The average molecular weight is 338 g/mol. The number of fused-ring (bicyclic) bond motifs is 1. The number of nitrogens with zero attached hydrogens (tertiary/aromatic N) is 2. The summed E-state index contributed by atoms with van der Waals surface area (Å²) in [7, 11) is 0. The summed E-state index contributed by atoms with van der Waals surface area (Å²) in [6.07, 6.45) is 4.45. The number of carbonyl (C=O) groups excluding carboxylic acids is 1. The number of aliphatic carboxylic acids is 1. The minimum atomic E-state index is -0.912. The zero-order valence-corrected chi connectivity index (χ0v) is 14.4. The van der Waals surface area contributed by atoms with Gasteiger partial charge in [0.25, 0.3) is 5.91 Å². The fraction of sp³-hybridized carbons (Fsp3) is 0.450. The number of aryl methyl sites for hydroxylation is 1. The van der Waals surface area contributed by atoms with E-state index in [1.54, 1.807) is 4.90 Å². The predicted molar refractivity (Wildman–Crippen MR) is 94.8 cm³/mol. The average Bonchev–Trinajstić information content (AvgIpc) is 3.45. The molecule has 1 aliphatic heterocycles. The number of piperidine rings is 1. The molecule has 2 fully saturated rings. The molecular formula is C20H22N2O3. The third-order valence-electron chi connectivity index (χ3n) is 5.26. The zero-order chi connectivity index (χ0) is 17.6. The van der Waals surface area contributed by atoms with Crippen LogP contribution in [0.2, 0.25) is 0 Å². The van der Waals surface area contributed by atoms with Gasteiger partial charge in [0.15, 0.2) is 0 Å². The highest BCUT2D eigenvalue weighted by atomic mass is 16.4. The van der Waals surface area contributed by atoms with Gasteiger partial charge in [-0.25, -0.2) is 4.79 Å². The van der Waals surface area contributed by atoms with E-state index in [1.165, 1.54) is 0 Å². The van der Waals surface area contributed by atoms with Crippen LogP contribution in [0.25, 0.3) is 10.9 Å². The molecule has 1 saturated heterocycles. The molecular weight excluding hydrogens is 316 g/mol. The van der Waals surface area contributed by atoms with Gasteiger partial charge in [0.1, 0.15) is 6.04 Å². The number of amides is 1. The number of benzene rings is 1. The number of carboxylic acids is 1. The van der Waals surface area contributed by atoms with Gasteiger partial charge in [-0.3, -0.25) is 9.78 Å². The van der Waals surface area contributed by atoms with Crippen molar-refractivity contribution in [1.82, 2.24) is 9.88 Å². The van der Waals surface area contributed by atoms with Crippen LogP contribution in [0.5, 0.6) is 0 Å². The van der Waals surface area contributed by atoms with Crippen molar-refractivity contribution in [3.8, 4) is 0 Å². The lowest BCUT2D eigenvalue weighted by atomic mass is 9.98. The third kappa shape index (κ3) is 2.99. The van der Waals surface area contributed by atoms with Crippen molar-refractivity contribution in [3.63, 3.8) is 0 Å². The van der Waals surface area contributed by atoms with Crippen molar-refractivity contribution in [2.75, 3.05) is 6.54 Å². The molecule has 1 aromatic heterocycles. The van der Waals surface area contributed by atoms with E-state index < -0.39 is 12.0 Å². The van der Waals surface area contributed by atoms with E-state index >= 15 is 0 Å². The Balaban J connectivity index is 1.82.